The molecular formula is C25H30N2O3. The zero-order chi connectivity index (χ0) is 21.1. The van der Waals surface area contributed by atoms with Crippen LogP contribution in [0.5, 0.6) is 5.75 Å². The van der Waals surface area contributed by atoms with Crippen LogP contribution in [0, 0.1) is 6.92 Å². The number of carbonyl (C=O) groups excluding carboxylic acids is 2. The second kappa shape index (κ2) is 8.90. The van der Waals surface area contributed by atoms with Gasteiger partial charge in [-0.15, -0.1) is 0 Å². The van der Waals surface area contributed by atoms with Gasteiger partial charge in [0.05, 0.1) is 0 Å². The summed E-state index contributed by atoms with van der Waals surface area (Å²) in [5.41, 5.74) is 5.37. The largest absolute Gasteiger partial charge is 0.481 e. The quantitative estimate of drug-likeness (QED) is 0.750. The number of amides is 2. The van der Waals surface area contributed by atoms with Crippen molar-refractivity contribution in [3.05, 3.63) is 53.1 Å². The Bertz CT molecular complexity index is 953. The second-order valence-electron chi connectivity index (χ2n) is 8.29. The van der Waals surface area contributed by atoms with Gasteiger partial charge in [-0.05, 0) is 92.5 Å². The van der Waals surface area contributed by atoms with Gasteiger partial charge >= 0.3 is 0 Å². The van der Waals surface area contributed by atoms with Gasteiger partial charge in [-0.2, -0.15) is 0 Å². The van der Waals surface area contributed by atoms with Gasteiger partial charge in [0.1, 0.15) is 5.75 Å². The van der Waals surface area contributed by atoms with E-state index in [0.29, 0.717) is 12.8 Å². The van der Waals surface area contributed by atoms with Crippen molar-refractivity contribution in [3.8, 4) is 5.75 Å². The summed E-state index contributed by atoms with van der Waals surface area (Å²) in [5, 5.41) is 2.98. The lowest BCUT2D eigenvalue weighted by molar-refractivity contribution is -0.122. The molecule has 1 heterocycles. The first kappa shape index (κ1) is 20.5. The number of nitrogens with one attached hydrogen (secondary N) is 1. The topological polar surface area (TPSA) is 58.6 Å². The highest BCUT2D eigenvalue weighted by atomic mass is 16.5. The summed E-state index contributed by atoms with van der Waals surface area (Å²) in [7, 11) is 0. The van der Waals surface area contributed by atoms with Crippen molar-refractivity contribution in [1.82, 2.24) is 0 Å². The SMILES string of the molecule is CC[C@H](Oc1ccc2c(c1)CCCC2)C(=O)Nc1ccc(N2CCCC2=O)c(C)c1. The lowest BCUT2D eigenvalue weighted by atomic mass is 9.92. The average molecular weight is 407 g/mol. The molecular weight excluding hydrogens is 376 g/mol. The molecule has 30 heavy (non-hydrogen) atoms. The molecule has 5 heteroatoms. The first-order chi connectivity index (χ1) is 14.5. The Labute approximate surface area is 178 Å². The number of benzene rings is 2. The molecule has 0 bridgehead atoms. The Morgan fingerprint density at radius 1 is 1.07 bits per heavy atom. The Hall–Kier alpha value is -2.82. The van der Waals surface area contributed by atoms with Crippen molar-refractivity contribution in [2.24, 2.45) is 0 Å². The van der Waals surface area contributed by atoms with E-state index < -0.39 is 6.10 Å². The van der Waals surface area contributed by atoms with Crippen molar-refractivity contribution < 1.29 is 14.3 Å². The molecule has 0 aromatic heterocycles. The van der Waals surface area contributed by atoms with E-state index in [1.54, 1.807) is 0 Å². The predicted molar refractivity (Wildman–Crippen MR) is 119 cm³/mol. The number of fused-ring (bicyclic) bond motifs is 1. The number of hydrogen-bond donors (Lipinski definition) is 1. The van der Waals surface area contributed by atoms with E-state index in [4.69, 9.17) is 4.74 Å². The van der Waals surface area contributed by atoms with Gasteiger partial charge < -0.3 is 15.0 Å². The molecule has 1 saturated heterocycles. The monoisotopic (exact) mass is 406 g/mol. The van der Waals surface area contributed by atoms with Crippen LogP contribution in [0.15, 0.2) is 36.4 Å². The molecule has 2 amide bonds. The van der Waals surface area contributed by atoms with Crippen molar-refractivity contribution in [2.75, 3.05) is 16.8 Å². The molecule has 4 rings (SSSR count). The summed E-state index contributed by atoms with van der Waals surface area (Å²) < 4.78 is 6.05. The molecule has 1 N–H and O–H groups in total. The van der Waals surface area contributed by atoms with Crippen LogP contribution in [-0.4, -0.2) is 24.5 Å². The summed E-state index contributed by atoms with van der Waals surface area (Å²) in [6, 6.07) is 11.9. The number of hydrogen-bond acceptors (Lipinski definition) is 3. The third-order valence-corrected chi connectivity index (χ3v) is 6.09. The number of anilines is 2. The van der Waals surface area contributed by atoms with Gasteiger partial charge in [0.15, 0.2) is 6.10 Å². The van der Waals surface area contributed by atoms with Crippen LogP contribution in [0.3, 0.4) is 0 Å². The summed E-state index contributed by atoms with van der Waals surface area (Å²) >= 11 is 0. The minimum absolute atomic E-state index is 0.153. The number of rotatable bonds is 6. The van der Waals surface area contributed by atoms with Crippen LogP contribution in [0.25, 0.3) is 0 Å². The van der Waals surface area contributed by atoms with Crippen LogP contribution in [0.4, 0.5) is 11.4 Å². The number of carbonyl (C=O) groups is 2. The molecule has 0 radical (unpaired) electrons. The molecule has 0 spiro atoms. The normalized spacial score (nSPS) is 16.9. The molecule has 1 fully saturated rings. The Morgan fingerprint density at radius 3 is 2.57 bits per heavy atom. The third kappa shape index (κ3) is 4.35. The van der Waals surface area contributed by atoms with E-state index in [0.717, 1.165) is 48.5 Å². The van der Waals surface area contributed by atoms with E-state index in [9.17, 15) is 9.59 Å². The third-order valence-electron chi connectivity index (χ3n) is 6.09. The van der Waals surface area contributed by atoms with Crippen molar-refractivity contribution in [1.29, 1.82) is 0 Å². The molecule has 1 aliphatic heterocycles. The molecule has 5 nitrogen and oxygen atoms in total. The van der Waals surface area contributed by atoms with E-state index in [-0.39, 0.29) is 11.8 Å². The van der Waals surface area contributed by atoms with Crippen LogP contribution in [-0.2, 0) is 22.4 Å². The maximum absolute atomic E-state index is 12.8. The van der Waals surface area contributed by atoms with Crippen LogP contribution in [0.2, 0.25) is 0 Å². The lowest BCUT2D eigenvalue weighted by Crippen LogP contribution is -2.32. The highest BCUT2D eigenvalue weighted by Crippen LogP contribution is 2.28. The zero-order valence-corrected chi connectivity index (χ0v) is 17.9. The van der Waals surface area contributed by atoms with E-state index in [1.165, 1.54) is 24.0 Å². The van der Waals surface area contributed by atoms with Crippen LogP contribution in [0.1, 0.15) is 55.7 Å². The van der Waals surface area contributed by atoms with Crippen molar-refractivity contribution in [2.45, 2.75) is 64.9 Å². The highest BCUT2D eigenvalue weighted by molar-refractivity contribution is 5.97. The van der Waals surface area contributed by atoms with Gasteiger partial charge in [0, 0.05) is 24.3 Å². The summed E-state index contributed by atoms with van der Waals surface area (Å²) in [6.45, 7) is 4.69. The second-order valence-corrected chi connectivity index (χ2v) is 8.29. The summed E-state index contributed by atoms with van der Waals surface area (Å²) in [4.78, 5) is 26.7. The first-order valence-corrected chi connectivity index (χ1v) is 11.1. The fourth-order valence-electron chi connectivity index (χ4n) is 4.43. The van der Waals surface area contributed by atoms with Crippen LogP contribution >= 0.6 is 0 Å². The summed E-state index contributed by atoms with van der Waals surface area (Å²) in [5.74, 6) is 0.774. The molecule has 0 unspecified atom stereocenters. The zero-order valence-electron chi connectivity index (χ0n) is 17.9. The Morgan fingerprint density at radius 2 is 1.87 bits per heavy atom. The molecule has 1 atom stereocenters. The predicted octanol–water partition coefficient (Wildman–Crippen LogP) is 4.80. The highest BCUT2D eigenvalue weighted by Gasteiger charge is 2.24. The fourth-order valence-corrected chi connectivity index (χ4v) is 4.43. The van der Waals surface area contributed by atoms with Gasteiger partial charge in [-0.1, -0.05) is 13.0 Å². The van der Waals surface area contributed by atoms with E-state index in [2.05, 4.69) is 17.4 Å². The van der Waals surface area contributed by atoms with Gasteiger partial charge in [-0.3, -0.25) is 9.59 Å². The lowest BCUT2D eigenvalue weighted by Gasteiger charge is -2.21. The Balaban J connectivity index is 1.43. The average Bonchev–Trinajstić information content (AvgIpc) is 3.17. The molecule has 1 aliphatic carbocycles. The van der Waals surface area contributed by atoms with E-state index in [1.807, 2.05) is 43.0 Å². The Kier molecular flexibility index (Phi) is 6.07. The number of nitrogens with zero attached hydrogens (tertiary/aromatic N) is 1. The van der Waals surface area contributed by atoms with Gasteiger partial charge in [0.2, 0.25) is 5.91 Å². The van der Waals surface area contributed by atoms with Crippen LogP contribution < -0.4 is 15.0 Å². The minimum atomic E-state index is -0.549. The fraction of sp³-hybridized carbons (Fsp3) is 0.440. The van der Waals surface area contributed by atoms with E-state index >= 15 is 0 Å². The minimum Gasteiger partial charge on any atom is -0.481 e. The maximum atomic E-state index is 12.8. The van der Waals surface area contributed by atoms with Gasteiger partial charge in [-0.25, -0.2) is 0 Å². The number of aryl methyl sites for hydroxylation is 3. The molecule has 0 saturated carbocycles. The summed E-state index contributed by atoms with van der Waals surface area (Å²) in [6.07, 6.45) is 6.22. The molecule has 158 valence electrons. The molecule has 2 aromatic rings. The smallest absolute Gasteiger partial charge is 0.265 e. The first-order valence-electron chi connectivity index (χ1n) is 11.1. The maximum Gasteiger partial charge on any atom is 0.265 e. The molecule has 2 aliphatic rings. The number of ether oxygens (including phenoxy) is 1. The standard InChI is InChI=1S/C25H30N2O3/c1-3-23(30-21-12-10-18-7-4-5-8-19(18)16-21)25(29)26-20-11-13-22(17(2)15-20)27-14-6-9-24(27)28/h10-13,15-16,23H,3-9,14H2,1-2H3,(H,26,29)/t23-/m0/s1. The molecule has 2 aromatic carbocycles. The van der Waals surface area contributed by atoms with Crippen molar-refractivity contribution in [3.63, 3.8) is 0 Å². The van der Waals surface area contributed by atoms with Gasteiger partial charge in [0.25, 0.3) is 5.91 Å². The van der Waals surface area contributed by atoms with Crippen molar-refractivity contribution >= 4 is 23.2 Å².